The Kier molecular flexibility index (Phi) is 3.47. The minimum Gasteiger partial charge on any atom is -0.481 e. The molecule has 0 saturated carbocycles. The highest BCUT2D eigenvalue weighted by Crippen LogP contribution is 2.44. The third-order valence-corrected chi connectivity index (χ3v) is 3.32. The summed E-state index contributed by atoms with van der Waals surface area (Å²) in [6, 6.07) is 4.86. The van der Waals surface area contributed by atoms with Gasteiger partial charge in [0.25, 0.3) is 0 Å². The first-order valence-corrected chi connectivity index (χ1v) is 5.63. The number of nitrogens with two attached hydrogens (primary N) is 1. The van der Waals surface area contributed by atoms with Crippen molar-refractivity contribution in [1.29, 1.82) is 0 Å². The maximum Gasteiger partial charge on any atom is 0.415 e. The first kappa shape index (κ1) is 14.7. The number of alkyl halides is 3. The van der Waals surface area contributed by atoms with Crippen LogP contribution in [0.15, 0.2) is 24.3 Å². The van der Waals surface area contributed by atoms with Gasteiger partial charge in [0.2, 0.25) is 0 Å². The van der Waals surface area contributed by atoms with Crippen LogP contribution in [0.5, 0.6) is 0 Å². The Bertz CT molecular complexity index is 534. The third kappa shape index (κ3) is 2.25. The molecule has 1 saturated heterocycles. The van der Waals surface area contributed by atoms with Crippen molar-refractivity contribution in [3.63, 3.8) is 0 Å². The van der Waals surface area contributed by atoms with Crippen molar-refractivity contribution in [3.8, 4) is 0 Å². The number of carbonyl (C=O) groups is 1. The Morgan fingerprint density at radius 2 is 2.00 bits per heavy atom. The first-order valence-electron chi connectivity index (χ1n) is 5.63. The lowest BCUT2D eigenvalue weighted by molar-refractivity contribution is -0.219. The van der Waals surface area contributed by atoms with Gasteiger partial charge < -0.3 is 15.6 Å². The van der Waals surface area contributed by atoms with Gasteiger partial charge in [-0.05, 0) is 6.07 Å². The fourth-order valence-corrected chi connectivity index (χ4v) is 2.40. The highest BCUT2D eigenvalue weighted by Gasteiger charge is 2.62. The second kappa shape index (κ2) is 4.71. The molecule has 0 bridgehead atoms. The van der Waals surface area contributed by atoms with Crippen LogP contribution in [0.1, 0.15) is 5.56 Å². The van der Waals surface area contributed by atoms with E-state index in [2.05, 4.69) is 4.74 Å². The Hall–Kier alpha value is -1.67. The van der Waals surface area contributed by atoms with Crippen LogP contribution < -0.4 is 5.73 Å². The average molecular weight is 293 g/mol. The predicted octanol–water partition coefficient (Wildman–Crippen LogP) is 1.64. The standard InChI is InChI=1S/C12H11F4NO3/c13-7-4-2-1-3-6(7)11(17)5-20-9(12(14,15)16)8(11)10(18)19/h1-4,8-9H,5,17H2,(H,18,19). The van der Waals surface area contributed by atoms with Crippen molar-refractivity contribution in [1.82, 2.24) is 0 Å². The fourth-order valence-electron chi connectivity index (χ4n) is 2.40. The molecule has 0 aliphatic carbocycles. The van der Waals surface area contributed by atoms with E-state index in [1.54, 1.807) is 0 Å². The summed E-state index contributed by atoms with van der Waals surface area (Å²) in [5, 5.41) is 9.05. The van der Waals surface area contributed by atoms with E-state index < -0.39 is 42.1 Å². The zero-order valence-electron chi connectivity index (χ0n) is 10.0. The van der Waals surface area contributed by atoms with Crippen LogP contribution in [0.3, 0.4) is 0 Å². The molecule has 20 heavy (non-hydrogen) atoms. The Morgan fingerprint density at radius 1 is 1.40 bits per heavy atom. The molecule has 110 valence electrons. The Labute approximate surface area is 111 Å². The van der Waals surface area contributed by atoms with E-state index in [9.17, 15) is 22.4 Å². The molecule has 1 fully saturated rings. The summed E-state index contributed by atoms with van der Waals surface area (Å²) in [6.07, 6.45) is -7.46. The molecule has 2 rings (SSSR count). The number of rotatable bonds is 2. The molecule has 0 spiro atoms. The summed E-state index contributed by atoms with van der Waals surface area (Å²) in [7, 11) is 0. The molecular formula is C12H11F4NO3. The SMILES string of the molecule is NC1(c2ccccc2F)COC(C(F)(F)F)C1C(=O)O. The fraction of sp³-hybridized carbons (Fsp3) is 0.417. The maximum atomic E-state index is 13.7. The largest absolute Gasteiger partial charge is 0.481 e. The molecule has 3 atom stereocenters. The molecule has 0 aromatic heterocycles. The second-order valence-corrected chi connectivity index (χ2v) is 4.61. The minimum atomic E-state index is -4.89. The Balaban J connectivity index is 2.51. The Morgan fingerprint density at radius 3 is 2.50 bits per heavy atom. The lowest BCUT2D eigenvalue weighted by atomic mass is 9.78. The van der Waals surface area contributed by atoms with Gasteiger partial charge >= 0.3 is 12.1 Å². The van der Waals surface area contributed by atoms with Gasteiger partial charge in [-0.3, -0.25) is 4.79 Å². The molecular weight excluding hydrogens is 282 g/mol. The van der Waals surface area contributed by atoms with E-state index in [0.717, 1.165) is 12.1 Å². The van der Waals surface area contributed by atoms with E-state index in [1.165, 1.54) is 12.1 Å². The highest BCUT2D eigenvalue weighted by atomic mass is 19.4. The van der Waals surface area contributed by atoms with Gasteiger partial charge in [-0.25, -0.2) is 4.39 Å². The molecule has 1 aromatic rings. The van der Waals surface area contributed by atoms with Gasteiger partial charge in [0.15, 0.2) is 6.10 Å². The van der Waals surface area contributed by atoms with Crippen molar-refractivity contribution in [2.45, 2.75) is 17.8 Å². The maximum absolute atomic E-state index is 13.7. The molecule has 8 heteroatoms. The zero-order valence-corrected chi connectivity index (χ0v) is 10.0. The second-order valence-electron chi connectivity index (χ2n) is 4.61. The molecule has 1 aliphatic heterocycles. The molecule has 0 amide bonds. The van der Waals surface area contributed by atoms with E-state index in [1.807, 2.05) is 0 Å². The number of benzene rings is 1. The molecule has 4 nitrogen and oxygen atoms in total. The summed E-state index contributed by atoms with van der Waals surface area (Å²) >= 11 is 0. The van der Waals surface area contributed by atoms with Gasteiger partial charge in [0.1, 0.15) is 11.7 Å². The van der Waals surface area contributed by atoms with Crippen LogP contribution in [-0.2, 0) is 15.1 Å². The number of carboxylic acids is 1. The normalized spacial score (nSPS) is 30.4. The van der Waals surface area contributed by atoms with Crippen LogP contribution in [0.25, 0.3) is 0 Å². The van der Waals surface area contributed by atoms with Gasteiger partial charge in [-0.15, -0.1) is 0 Å². The number of hydrogen-bond acceptors (Lipinski definition) is 3. The van der Waals surface area contributed by atoms with Crippen molar-refractivity contribution in [2.75, 3.05) is 6.61 Å². The molecule has 3 N–H and O–H groups in total. The average Bonchev–Trinajstić information content (AvgIpc) is 2.68. The third-order valence-electron chi connectivity index (χ3n) is 3.32. The molecule has 0 radical (unpaired) electrons. The van der Waals surface area contributed by atoms with Gasteiger partial charge in [0.05, 0.1) is 12.1 Å². The topological polar surface area (TPSA) is 72.5 Å². The summed E-state index contributed by atoms with van der Waals surface area (Å²) in [5.74, 6) is -4.76. The van der Waals surface area contributed by atoms with Gasteiger partial charge in [-0.2, -0.15) is 13.2 Å². The van der Waals surface area contributed by atoms with Gasteiger partial charge in [0, 0.05) is 5.56 Å². The van der Waals surface area contributed by atoms with Gasteiger partial charge in [-0.1, -0.05) is 18.2 Å². The highest BCUT2D eigenvalue weighted by molar-refractivity contribution is 5.74. The van der Waals surface area contributed by atoms with E-state index in [-0.39, 0.29) is 5.56 Å². The van der Waals surface area contributed by atoms with Crippen molar-refractivity contribution in [3.05, 3.63) is 35.6 Å². The lowest BCUT2D eigenvalue weighted by Gasteiger charge is -2.29. The van der Waals surface area contributed by atoms with Crippen molar-refractivity contribution >= 4 is 5.97 Å². The van der Waals surface area contributed by atoms with Crippen molar-refractivity contribution < 1.29 is 32.2 Å². The number of hydrogen-bond donors (Lipinski definition) is 2. The number of aliphatic carboxylic acids is 1. The first-order chi connectivity index (χ1) is 9.18. The van der Waals surface area contributed by atoms with Crippen molar-refractivity contribution in [2.24, 2.45) is 11.7 Å². The summed E-state index contributed by atoms with van der Waals surface area (Å²) in [4.78, 5) is 11.2. The molecule has 1 aliphatic rings. The summed E-state index contributed by atoms with van der Waals surface area (Å²) < 4.78 is 56.6. The lowest BCUT2D eigenvalue weighted by Crippen LogP contribution is -2.51. The van der Waals surface area contributed by atoms with Crippen LogP contribution in [0.2, 0.25) is 0 Å². The van der Waals surface area contributed by atoms with Crippen LogP contribution in [0.4, 0.5) is 17.6 Å². The smallest absolute Gasteiger partial charge is 0.415 e. The summed E-state index contributed by atoms with van der Waals surface area (Å²) in [6.45, 7) is -0.727. The number of carboxylic acid groups (broad SMARTS) is 1. The zero-order chi connectivity index (χ0) is 15.1. The van der Waals surface area contributed by atoms with Crippen LogP contribution >= 0.6 is 0 Å². The molecule has 1 heterocycles. The van der Waals surface area contributed by atoms with E-state index in [0.29, 0.717) is 0 Å². The van der Waals surface area contributed by atoms with E-state index in [4.69, 9.17) is 10.8 Å². The number of halogens is 4. The molecule has 1 aromatic carbocycles. The quantitative estimate of drug-likeness (QED) is 0.813. The number of ether oxygens (including phenoxy) is 1. The van der Waals surface area contributed by atoms with E-state index >= 15 is 0 Å². The molecule has 3 unspecified atom stereocenters. The van der Waals surface area contributed by atoms with Crippen LogP contribution in [-0.4, -0.2) is 30.0 Å². The minimum absolute atomic E-state index is 0.306. The van der Waals surface area contributed by atoms with Crippen LogP contribution in [0, 0.1) is 11.7 Å². The monoisotopic (exact) mass is 293 g/mol. The predicted molar refractivity (Wildman–Crippen MR) is 59.2 cm³/mol. The summed E-state index contributed by atoms with van der Waals surface area (Å²) in [5.41, 5.74) is 3.39.